The molecule has 1 fully saturated rings. The van der Waals surface area contributed by atoms with Crippen LogP contribution in [0.4, 0.5) is 5.82 Å². The zero-order valence-electron chi connectivity index (χ0n) is 18.5. The molecule has 33 heavy (non-hydrogen) atoms. The number of nitrogens with zero attached hydrogens (tertiary/aromatic N) is 3. The molecule has 172 valence electrons. The Morgan fingerprint density at radius 3 is 3.03 bits per heavy atom. The third-order valence-corrected chi connectivity index (χ3v) is 6.71. The molecule has 0 bridgehead atoms. The number of carboxylic acid groups (broad SMARTS) is 1. The van der Waals surface area contributed by atoms with Gasteiger partial charge in [0.15, 0.2) is 0 Å². The molecule has 2 aliphatic rings. The van der Waals surface area contributed by atoms with Crippen molar-refractivity contribution in [2.75, 3.05) is 18.4 Å². The molecule has 1 saturated heterocycles. The maximum atomic E-state index is 13.2. The standard InChI is InChI=1S/C25H28N4O4/c30-22(31)15-21(20-9-7-17-11-14-33-24(17)28-20)29-13-10-18(25(29)32)3-1-5-19-8-6-16-4-2-12-26-23(16)27-19/h6-9,11,14,18,21H,1-5,10,12-13,15H2,(H,26,27)(H,30,31). The minimum absolute atomic E-state index is 0.0164. The van der Waals surface area contributed by atoms with Crippen molar-refractivity contribution < 1.29 is 19.1 Å². The van der Waals surface area contributed by atoms with E-state index in [4.69, 9.17) is 9.40 Å². The van der Waals surface area contributed by atoms with Crippen LogP contribution >= 0.6 is 0 Å². The first kappa shape index (κ1) is 21.4. The summed E-state index contributed by atoms with van der Waals surface area (Å²) < 4.78 is 5.38. The second-order valence-corrected chi connectivity index (χ2v) is 8.91. The van der Waals surface area contributed by atoms with Gasteiger partial charge in [-0.05, 0) is 68.4 Å². The number of nitrogens with one attached hydrogen (secondary N) is 1. The summed E-state index contributed by atoms with van der Waals surface area (Å²) in [6.07, 6.45) is 6.79. The van der Waals surface area contributed by atoms with Crippen molar-refractivity contribution in [1.82, 2.24) is 14.9 Å². The Morgan fingerprint density at radius 2 is 2.15 bits per heavy atom. The summed E-state index contributed by atoms with van der Waals surface area (Å²) in [6.45, 7) is 1.51. The fraction of sp³-hybridized carbons (Fsp3) is 0.440. The molecular formula is C25H28N4O4. The molecule has 8 heteroatoms. The molecule has 2 N–H and O–H groups in total. The Kier molecular flexibility index (Phi) is 5.98. The molecule has 2 unspecified atom stereocenters. The molecule has 2 aliphatic heterocycles. The Hall–Kier alpha value is -3.42. The first-order chi connectivity index (χ1) is 16.1. The highest BCUT2D eigenvalue weighted by Crippen LogP contribution is 2.33. The molecule has 0 saturated carbocycles. The van der Waals surface area contributed by atoms with E-state index in [9.17, 15) is 14.7 Å². The fourth-order valence-electron chi connectivity index (χ4n) is 4.96. The molecule has 5 heterocycles. The van der Waals surface area contributed by atoms with E-state index < -0.39 is 12.0 Å². The van der Waals surface area contributed by atoms with Gasteiger partial charge in [0.1, 0.15) is 5.82 Å². The Morgan fingerprint density at radius 1 is 1.24 bits per heavy atom. The monoisotopic (exact) mass is 448 g/mol. The molecule has 0 spiro atoms. The highest BCUT2D eigenvalue weighted by atomic mass is 16.4. The molecule has 8 nitrogen and oxygen atoms in total. The zero-order chi connectivity index (χ0) is 22.8. The van der Waals surface area contributed by atoms with Crippen LogP contribution in [0.25, 0.3) is 11.1 Å². The van der Waals surface area contributed by atoms with Crippen molar-refractivity contribution in [2.45, 2.75) is 51.0 Å². The summed E-state index contributed by atoms with van der Waals surface area (Å²) in [7, 11) is 0. The average molecular weight is 449 g/mol. The first-order valence-corrected chi connectivity index (χ1v) is 11.7. The molecule has 5 rings (SSSR count). The first-order valence-electron chi connectivity index (χ1n) is 11.7. The number of hydrogen-bond acceptors (Lipinski definition) is 6. The molecule has 1 amide bonds. The van der Waals surface area contributed by atoms with Crippen LogP contribution in [0.3, 0.4) is 0 Å². The lowest BCUT2D eigenvalue weighted by Gasteiger charge is -2.26. The third-order valence-electron chi connectivity index (χ3n) is 6.71. The normalized spacial score (nSPS) is 18.8. The summed E-state index contributed by atoms with van der Waals surface area (Å²) in [4.78, 5) is 35.7. The number of hydrogen-bond donors (Lipinski definition) is 2. The number of likely N-dealkylation sites (tertiary alicyclic amines) is 1. The molecule has 0 aromatic carbocycles. The van der Waals surface area contributed by atoms with E-state index in [2.05, 4.69) is 22.4 Å². The van der Waals surface area contributed by atoms with Gasteiger partial charge < -0.3 is 19.7 Å². The van der Waals surface area contributed by atoms with Gasteiger partial charge in [0.25, 0.3) is 0 Å². The van der Waals surface area contributed by atoms with Crippen LogP contribution in [0.1, 0.15) is 55.1 Å². The molecule has 3 aromatic rings. The van der Waals surface area contributed by atoms with Gasteiger partial charge in [0.2, 0.25) is 11.6 Å². The van der Waals surface area contributed by atoms with Crippen molar-refractivity contribution >= 4 is 28.8 Å². The lowest BCUT2D eigenvalue weighted by atomic mass is 9.99. The summed E-state index contributed by atoms with van der Waals surface area (Å²) in [5.74, 6) is -0.0314. The van der Waals surface area contributed by atoms with Crippen LogP contribution in [0, 0.1) is 5.92 Å². The number of carboxylic acids is 1. The van der Waals surface area contributed by atoms with Crippen LogP contribution < -0.4 is 5.32 Å². The largest absolute Gasteiger partial charge is 0.481 e. The van der Waals surface area contributed by atoms with Crippen molar-refractivity contribution in [1.29, 1.82) is 0 Å². The maximum absolute atomic E-state index is 13.2. The van der Waals surface area contributed by atoms with E-state index in [1.165, 1.54) is 5.56 Å². The highest BCUT2D eigenvalue weighted by Gasteiger charge is 2.37. The van der Waals surface area contributed by atoms with E-state index in [1.54, 1.807) is 17.2 Å². The van der Waals surface area contributed by atoms with Gasteiger partial charge in [-0.15, -0.1) is 0 Å². The van der Waals surface area contributed by atoms with Crippen molar-refractivity contribution in [2.24, 2.45) is 5.92 Å². The summed E-state index contributed by atoms with van der Waals surface area (Å²) in [5, 5.41) is 13.7. The Labute approximate surface area is 192 Å². The van der Waals surface area contributed by atoms with E-state index in [0.29, 0.717) is 18.0 Å². The number of pyridine rings is 2. The van der Waals surface area contributed by atoms with Crippen LogP contribution in [0.2, 0.25) is 0 Å². The van der Waals surface area contributed by atoms with E-state index in [1.807, 2.05) is 12.1 Å². The van der Waals surface area contributed by atoms with E-state index in [-0.39, 0.29) is 18.2 Å². The molecule has 0 aliphatic carbocycles. The number of furan rings is 1. The number of carbonyl (C=O) groups is 2. The number of anilines is 1. The number of carbonyl (C=O) groups excluding carboxylic acids is 1. The SMILES string of the molecule is O=C(O)CC(c1ccc2ccoc2n1)N1CCC(CCCc2ccc3c(n2)NCCC3)C1=O. The van der Waals surface area contributed by atoms with Crippen molar-refractivity contribution in [3.05, 3.63) is 53.5 Å². The second-order valence-electron chi connectivity index (χ2n) is 8.91. The predicted octanol–water partition coefficient (Wildman–Crippen LogP) is 3.97. The Balaban J connectivity index is 1.23. The van der Waals surface area contributed by atoms with Crippen LogP contribution in [-0.2, 0) is 22.4 Å². The zero-order valence-corrected chi connectivity index (χ0v) is 18.5. The summed E-state index contributed by atoms with van der Waals surface area (Å²) >= 11 is 0. The quantitative estimate of drug-likeness (QED) is 0.537. The molecular weight excluding hydrogens is 420 g/mol. The Bertz CT molecular complexity index is 1170. The summed E-state index contributed by atoms with van der Waals surface area (Å²) in [6, 6.07) is 9.11. The number of rotatable bonds is 8. The van der Waals surface area contributed by atoms with Gasteiger partial charge in [-0.25, -0.2) is 9.97 Å². The lowest BCUT2D eigenvalue weighted by Crippen LogP contribution is -2.33. The van der Waals surface area contributed by atoms with Crippen molar-refractivity contribution in [3.8, 4) is 0 Å². The van der Waals surface area contributed by atoms with Gasteiger partial charge >= 0.3 is 5.97 Å². The topological polar surface area (TPSA) is 109 Å². The minimum Gasteiger partial charge on any atom is -0.481 e. The fourth-order valence-corrected chi connectivity index (χ4v) is 4.96. The smallest absolute Gasteiger partial charge is 0.305 e. The van der Waals surface area contributed by atoms with Crippen LogP contribution in [0.15, 0.2) is 41.0 Å². The minimum atomic E-state index is -0.954. The van der Waals surface area contributed by atoms with Crippen molar-refractivity contribution in [3.63, 3.8) is 0 Å². The van der Waals surface area contributed by atoms with Gasteiger partial charge in [-0.2, -0.15) is 0 Å². The van der Waals surface area contributed by atoms with Gasteiger partial charge in [0, 0.05) is 30.1 Å². The number of aliphatic carboxylic acids is 1. The second kappa shape index (κ2) is 9.21. The average Bonchev–Trinajstić information content (AvgIpc) is 3.43. The lowest BCUT2D eigenvalue weighted by molar-refractivity contribution is -0.140. The van der Waals surface area contributed by atoms with Gasteiger partial charge in [-0.1, -0.05) is 6.07 Å². The highest BCUT2D eigenvalue weighted by molar-refractivity contribution is 5.82. The number of aryl methyl sites for hydroxylation is 2. The third kappa shape index (κ3) is 4.55. The predicted molar refractivity (Wildman–Crippen MR) is 123 cm³/mol. The molecule has 0 radical (unpaired) electrons. The van der Waals surface area contributed by atoms with Crippen LogP contribution in [-0.4, -0.2) is 44.9 Å². The molecule has 3 aromatic heterocycles. The van der Waals surface area contributed by atoms with Gasteiger partial charge in [0.05, 0.1) is 24.4 Å². The number of aromatic nitrogens is 2. The maximum Gasteiger partial charge on any atom is 0.305 e. The van der Waals surface area contributed by atoms with E-state index in [0.717, 1.165) is 62.0 Å². The van der Waals surface area contributed by atoms with Crippen LogP contribution in [0.5, 0.6) is 0 Å². The van der Waals surface area contributed by atoms with Gasteiger partial charge in [-0.3, -0.25) is 9.59 Å². The number of amides is 1. The molecule has 2 atom stereocenters. The van der Waals surface area contributed by atoms with E-state index >= 15 is 0 Å². The summed E-state index contributed by atoms with van der Waals surface area (Å²) in [5.41, 5.74) is 3.33. The number of fused-ring (bicyclic) bond motifs is 2.